The van der Waals surface area contributed by atoms with E-state index < -0.39 is 22.3 Å². The van der Waals surface area contributed by atoms with Crippen LogP contribution in [0.5, 0.6) is 0 Å². The molecular weight excluding hydrogens is 366 g/mol. The van der Waals surface area contributed by atoms with Gasteiger partial charge in [-0.15, -0.1) is 0 Å². The first-order valence-corrected chi connectivity index (χ1v) is 8.47. The molecule has 3 aromatic rings. The number of nitrogens with one attached hydrogen (secondary N) is 1. The highest BCUT2D eigenvalue weighted by Crippen LogP contribution is 2.22. The number of hydrogen-bond acceptors (Lipinski definition) is 7. The van der Waals surface area contributed by atoms with Crippen LogP contribution in [0, 0.1) is 10.1 Å². The number of hydrogen-bond donors (Lipinski definition) is 1. The van der Waals surface area contributed by atoms with Crippen molar-refractivity contribution in [1.82, 2.24) is 9.38 Å². The molecule has 1 aliphatic rings. The zero-order valence-corrected chi connectivity index (χ0v) is 14.6. The van der Waals surface area contributed by atoms with E-state index in [1.165, 1.54) is 11.1 Å². The molecule has 2 aromatic heterocycles. The summed E-state index contributed by atoms with van der Waals surface area (Å²) < 4.78 is 6.06. The van der Waals surface area contributed by atoms with Gasteiger partial charge in [0.25, 0.3) is 0 Å². The lowest BCUT2D eigenvalue weighted by atomic mass is 10.2. The molecule has 0 aliphatic carbocycles. The summed E-state index contributed by atoms with van der Waals surface area (Å²) in [5, 5.41) is 14.3. The molecule has 0 unspecified atom stereocenters. The fourth-order valence-electron chi connectivity index (χ4n) is 3.02. The zero-order chi connectivity index (χ0) is 19.7. The van der Waals surface area contributed by atoms with Crippen molar-refractivity contribution in [2.45, 2.75) is 6.54 Å². The maximum Gasteiger partial charge on any atom is 0.414 e. The van der Waals surface area contributed by atoms with E-state index in [9.17, 15) is 19.7 Å². The minimum Gasteiger partial charge on any atom is -0.447 e. The Bertz CT molecular complexity index is 1140. The highest BCUT2D eigenvalue weighted by molar-refractivity contribution is 5.89. The van der Waals surface area contributed by atoms with Gasteiger partial charge in [0.05, 0.1) is 11.5 Å². The van der Waals surface area contributed by atoms with Crippen LogP contribution in [-0.4, -0.2) is 33.6 Å². The standard InChI is InChI=1S/C18H15N5O5/c24-17-15(23(26)27)16(20-14-6-1-2-7-22(14)17)19-11-12-4-3-5-13(10-12)21-8-9-28-18(21)25/h1-7,10,19H,8-9,11H2. The van der Waals surface area contributed by atoms with Crippen LogP contribution in [0.25, 0.3) is 5.65 Å². The summed E-state index contributed by atoms with van der Waals surface area (Å²) in [6, 6.07) is 12.0. The molecule has 28 heavy (non-hydrogen) atoms. The van der Waals surface area contributed by atoms with E-state index in [0.29, 0.717) is 24.5 Å². The van der Waals surface area contributed by atoms with Gasteiger partial charge < -0.3 is 10.1 Å². The van der Waals surface area contributed by atoms with Gasteiger partial charge in [0, 0.05) is 18.4 Å². The number of amides is 1. The number of carbonyl (C=O) groups excluding carboxylic acids is 1. The molecule has 0 radical (unpaired) electrons. The molecule has 10 heteroatoms. The molecule has 0 bridgehead atoms. The maximum atomic E-state index is 12.4. The van der Waals surface area contributed by atoms with E-state index in [2.05, 4.69) is 10.3 Å². The number of ether oxygens (including phenoxy) is 1. The van der Waals surface area contributed by atoms with Crippen LogP contribution in [-0.2, 0) is 11.3 Å². The van der Waals surface area contributed by atoms with Crippen molar-refractivity contribution in [2.24, 2.45) is 0 Å². The molecule has 3 heterocycles. The Hall–Kier alpha value is -3.95. The third-order valence-electron chi connectivity index (χ3n) is 4.34. The van der Waals surface area contributed by atoms with E-state index >= 15 is 0 Å². The van der Waals surface area contributed by atoms with E-state index in [1.807, 2.05) is 0 Å². The summed E-state index contributed by atoms with van der Waals surface area (Å²) in [6.45, 7) is 0.982. The van der Waals surface area contributed by atoms with Crippen molar-refractivity contribution >= 4 is 28.9 Å². The van der Waals surface area contributed by atoms with Crippen LogP contribution < -0.4 is 15.8 Å². The first-order chi connectivity index (χ1) is 13.5. The summed E-state index contributed by atoms with van der Waals surface area (Å²) in [6.07, 6.45) is 1.02. The number of nitrogens with zero attached hydrogens (tertiary/aromatic N) is 4. The van der Waals surface area contributed by atoms with Gasteiger partial charge in [0.2, 0.25) is 5.82 Å². The Balaban J connectivity index is 1.64. The second kappa shape index (κ2) is 6.99. The Morgan fingerprint density at radius 1 is 1.21 bits per heavy atom. The summed E-state index contributed by atoms with van der Waals surface area (Å²) in [5.41, 5.74) is 0.355. The smallest absolute Gasteiger partial charge is 0.414 e. The van der Waals surface area contributed by atoms with Crippen molar-refractivity contribution in [3.63, 3.8) is 0 Å². The number of carbonyl (C=O) groups is 1. The van der Waals surface area contributed by atoms with E-state index in [4.69, 9.17) is 4.74 Å². The second-order valence-electron chi connectivity index (χ2n) is 6.09. The zero-order valence-electron chi connectivity index (χ0n) is 14.6. The lowest BCUT2D eigenvalue weighted by molar-refractivity contribution is -0.385. The molecule has 0 saturated carbocycles. The molecule has 0 atom stereocenters. The number of anilines is 2. The maximum absolute atomic E-state index is 12.4. The van der Waals surface area contributed by atoms with E-state index in [-0.39, 0.29) is 12.4 Å². The van der Waals surface area contributed by atoms with Gasteiger partial charge in [-0.25, -0.2) is 9.78 Å². The highest BCUT2D eigenvalue weighted by Gasteiger charge is 2.25. The van der Waals surface area contributed by atoms with Gasteiger partial charge in [-0.05, 0) is 29.8 Å². The largest absolute Gasteiger partial charge is 0.447 e. The fraction of sp³-hybridized carbons (Fsp3) is 0.167. The number of pyridine rings is 1. The van der Waals surface area contributed by atoms with E-state index in [0.717, 1.165) is 9.96 Å². The molecule has 0 spiro atoms. The van der Waals surface area contributed by atoms with Gasteiger partial charge in [-0.3, -0.25) is 24.2 Å². The van der Waals surface area contributed by atoms with Crippen LogP contribution in [0.15, 0.2) is 53.5 Å². The summed E-state index contributed by atoms with van der Waals surface area (Å²) >= 11 is 0. The summed E-state index contributed by atoms with van der Waals surface area (Å²) in [5.74, 6) is -0.104. The predicted molar refractivity (Wildman–Crippen MR) is 101 cm³/mol. The molecule has 10 nitrogen and oxygen atoms in total. The molecule has 1 saturated heterocycles. The number of cyclic esters (lactones) is 1. The number of aromatic nitrogens is 2. The third-order valence-corrected chi connectivity index (χ3v) is 4.34. The molecule has 1 N–H and O–H groups in total. The molecular formula is C18H15N5O5. The van der Waals surface area contributed by atoms with Crippen molar-refractivity contribution in [3.05, 3.63) is 74.7 Å². The Morgan fingerprint density at radius 3 is 2.82 bits per heavy atom. The lowest BCUT2D eigenvalue weighted by Crippen LogP contribution is -2.23. The topological polar surface area (TPSA) is 119 Å². The number of nitro groups is 1. The Morgan fingerprint density at radius 2 is 2.07 bits per heavy atom. The Kier molecular flexibility index (Phi) is 4.36. The van der Waals surface area contributed by atoms with Gasteiger partial charge in [0.15, 0.2) is 0 Å². The van der Waals surface area contributed by atoms with Crippen molar-refractivity contribution < 1.29 is 14.5 Å². The van der Waals surface area contributed by atoms with Crippen molar-refractivity contribution in [3.8, 4) is 0 Å². The number of fused-ring (bicyclic) bond motifs is 1. The van der Waals surface area contributed by atoms with Crippen LogP contribution in [0.1, 0.15) is 5.56 Å². The molecule has 1 fully saturated rings. The third kappa shape index (κ3) is 3.11. The SMILES string of the molecule is O=C1OCCN1c1cccc(CNc2nc3ccccn3c(=O)c2[N+](=O)[O-])c1. The normalized spacial score (nSPS) is 13.6. The number of benzene rings is 1. The quantitative estimate of drug-likeness (QED) is 0.531. The molecule has 142 valence electrons. The van der Waals surface area contributed by atoms with Crippen molar-refractivity contribution in [1.29, 1.82) is 0 Å². The molecule has 4 rings (SSSR count). The monoisotopic (exact) mass is 381 g/mol. The van der Waals surface area contributed by atoms with Gasteiger partial charge in [0.1, 0.15) is 12.3 Å². The fourth-order valence-corrected chi connectivity index (χ4v) is 3.02. The van der Waals surface area contributed by atoms with Crippen LogP contribution >= 0.6 is 0 Å². The minimum atomic E-state index is -0.758. The first-order valence-electron chi connectivity index (χ1n) is 8.47. The lowest BCUT2D eigenvalue weighted by Gasteiger charge is -2.14. The second-order valence-corrected chi connectivity index (χ2v) is 6.09. The van der Waals surface area contributed by atoms with Gasteiger partial charge in [-0.2, -0.15) is 0 Å². The van der Waals surface area contributed by atoms with Crippen LogP contribution in [0.4, 0.5) is 22.0 Å². The van der Waals surface area contributed by atoms with Crippen LogP contribution in [0.3, 0.4) is 0 Å². The summed E-state index contributed by atoms with van der Waals surface area (Å²) in [7, 11) is 0. The van der Waals surface area contributed by atoms with Gasteiger partial charge in [-0.1, -0.05) is 18.2 Å². The summed E-state index contributed by atoms with van der Waals surface area (Å²) in [4.78, 5) is 40.6. The molecule has 1 amide bonds. The Labute approximate surface area is 158 Å². The highest BCUT2D eigenvalue weighted by atomic mass is 16.6. The molecule has 1 aromatic carbocycles. The minimum absolute atomic E-state index is 0.104. The first kappa shape index (κ1) is 17.5. The van der Waals surface area contributed by atoms with Crippen LogP contribution in [0.2, 0.25) is 0 Å². The molecule has 1 aliphatic heterocycles. The average molecular weight is 381 g/mol. The van der Waals surface area contributed by atoms with E-state index in [1.54, 1.807) is 42.5 Å². The average Bonchev–Trinajstić information content (AvgIpc) is 3.12. The van der Waals surface area contributed by atoms with Gasteiger partial charge >= 0.3 is 17.3 Å². The van der Waals surface area contributed by atoms with Crippen molar-refractivity contribution in [2.75, 3.05) is 23.4 Å². The number of rotatable bonds is 5. The predicted octanol–water partition coefficient (Wildman–Crippen LogP) is 2.17.